The number of carbonyl (C=O) groups is 1. The predicted molar refractivity (Wildman–Crippen MR) is 84.7 cm³/mol. The van der Waals surface area contributed by atoms with Gasteiger partial charge in [0.2, 0.25) is 0 Å². The molecular weight excluding hydrogens is 268 g/mol. The molecule has 21 heavy (non-hydrogen) atoms. The van der Waals surface area contributed by atoms with Gasteiger partial charge in [0.15, 0.2) is 0 Å². The number of aryl methyl sites for hydroxylation is 2. The molecule has 0 unspecified atom stereocenters. The topological polar surface area (TPSA) is 55.8 Å². The smallest absolute Gasteiger partial charge is 0.338 e. The van der Waals surface area contributed by atoms with Crippen LogP contribution in [0.2, 0.25) is 0 Å². The molecule has 4 heteroatoms. The van der Waals surface area contributed by atoms with E-state index in [-0.39, 0.29) is 25.8 Å². The second-order valence-corrected chi connectivity index (χ2v) is 4.67. The molecule has 0 spiro atoms. The molecule has 0 bridgehead atoms. The van der Waals surface area contributed by atoms with E-state index in [1.54, 1.807) is 6.07 Å². The van der Waals surface area contributed by atoms with Crippen LogP contribution in [-0.4, -0.2) is 37.5 Å². The van der Waals surface area contributed by atoms with E-state index in [1.807, 2.05) is 19.1 Å². The van der Waals surface area contributed by atoms with Crippen molar-refractivity contribution in [3.63, 3.8) is 0 Å². The van der Waals surface area contributed by atoms with Gasteiger partial charge < -0.3 is 14.6 Å². The van der Waals surface area contributed by atoms with Gasteiger partial charge in [-0.3, -0.25) is 0 Å². The molecule has 1 aromatic rings. The fourth-order valence-electron chi connectivity index (χ4n) is 1.66. The highest BCUT2D eigenvalue weighted by atomic mass is 16.6. The van der Waals surface area contributed by atoms with E-state index in [1.165, 1.54) is 12.0 Å². The molecule has 0 radical (unpaired) electrons. The Morgan fingerprint density at radius 1 is 1.14 bits per heavy atom. The highest BCUT2D eigenvalue weighted by Crippen LogP contribution is 2.12. The summed E-state index contributed by atoms with van der Waals surface area (Å²) in [5, 5.41) is 8.50. The Hall–Kier alpha value is -1.39. The standard InChI is InChI=1S/C14H20O4.C3H8/c1-3-12-4-5-13(10-11(12)2)14(16)18-9-8-17-7-6-15;1-3-2/h4-5,10,15H,3,6-9H2,1-2H3;3H2,1-2H3. The van der Waals surface area contributed by atoms with Crippen molar-refractivity contribution in [3.8, 4) is 0 Å². The maximum Gasteiger partial charge on any atom is 0.338 e. The Bertz CT molecular complexity index is 402. The minimum atomic E-state index is -0.339. The summed E-state index contributed by atoms with van der Waals surface area (Å²) >= 11 is 0. The molecule has 0 aliphatic rings. The number of rotatable bonds is 7. The van der Waals surface area contributed by atoms with E-state index in [0.717, 1.165) is 12.0 Å². The van der Waals surface area contributed by atoms with Gasteiger partial charge in [0, 0.05) is 0 Å². The van der Waals surface area contributed by atoms with Crippen LogP contribution in [-0.2, 0) is 15.9 Å². The van der Waals surface area contributed by atoms with E-state index in [4.69, 9.17) is 14.6 Å². The van der Waals surface area contributed by atoms with E-state index in [9.17, 15) is 4.79 Å². The highest BCUT2D eigenvalue weighted by Gasteiger charge is 2.08. The molecule has 0 aliphatic heterocycles. The van der Waals surface area contributed by atoms with Gasteiger partial charge in [-0.15, -0.1) is 0 Å². The average Bonchev–Trinajstić information content (AvgIpc) is 2.47. The molecule has 0 saturated carbocycles. The normalized spacial score (nSPS) is 9.76. The first-order chi connectivity index (χ1) is 10.1. The van der Waals surface area contributed by atoms with Crippen LogP contribution in [0.15, 0.2) is 18.2 Å². The van der Waals surface area contributed by atoms with Crippen LogP contribution in [0.3, 0.4) is 0 Å². The Morgan fingerprint density at radius 2 is 1.81 bits per heavy atom. The molecular formula is C17H28O4. The second-order valence-electron chi connectivity index (χ2n) is 4.67. The molecule has 1 N–H and O–H groups in total. The summed E-state index contributed by atoms with van der Waals surface area (Å²) < 4.78 is 10.1. The van der Waals surface area contributed by atoms with Gasteiger partial charge in [0.1, 0.15) is 6.61 Å². The maximum absolute atomic E-state index is 11.7. The fraction of sp³-hybridized carbons (Fsp3) is 0.588. The third-order valence-corrected chi connectivity index (χ3v) is 2.66. The van der Waals surface area contributed by atoms with Crippen LogP contribution >= 0.6 is 0 Å². The zero-order valence-corrected chi connectivity index (χ0v) is 13.6. The molecule has 4 nitrogen and oxygen atoms in total. The zero-order valence-electron chi connectivity index (χ0n) is 13.6. The molecule has 1 rings (SSSR count). The first-order valence-electron chi connectivity index (χ1n) is 7.55. The number of carbonyl (C=O) groups excluding carboxylic acids is 1. The Kier molecular flexibility index (Phi) is 11.5. The van der Waals surface area contributed by atoms with Gasteiger partial charge >= 0.3 is 5.97 Å². The molecule has 1 aromatic carbocycles. The summed E-state index contributed by atoms with van der Waals surface area (Å²) in [6.07, 6.45) is 2.20. The van der Waals surface area contributed by atoms with Crippen LogP contribution in [0, 0.1) is 6.92 Å². The SMILES string of the molecule is CCC.CCc1ccc(C(=O)OCCOCCO)cc1C. The number of ether oxygens (including phenoxy) is 2. The minimum absolute atomic E-state index is 0.0222. The van der Waals surface area contributed by atoms with Crippen LogP contribution in [0.1, 0.15) is 48.7 Å². The first kappa shape index (κ1) is 19.6. The van der Waals surface area contributed by atoms with Crippen molar-refractivity contribution in [2.75, 3.05) is 26.4 Å². The van der Waals surface area contributed by atoms with Crippen molar-refractivity contribution in [1.82, 2.24) is 0 Å². The summed E-state index contributed by atoms with van der Waals surface area (Å²) in [6, 6.07) is 5.58. The summed E-state index contributed by atoms with van der Waals surface area (Å²) in [6.45, 7) is 9.07. The van der Waals surface area contributed by atoms with E-state index in [0.29, 0.717) is 12.2 Å². The lowest BCUT2D eigenvalue weighted by Crippen LogP contribution is -2.12. The number of esters is 1. The van der Waals surface area contributed by atoms with Crippen molar-refractivity contribution < 1.29 is 19.4 Å². The summed E-state index contributed by atoms with van der Waals surface area (Å²) in [4.78, 5) is 11.7. The van der Waals surface area contributed by atoms with Crippen molar-refractivity contribution in [2.24, 2.45) is 0 Å². The summed E-state index contributed by atoms with van der Waals surface area (Å²) in [7, 11) is 0. The zero-order chi connectivity index (χ0) is 16.1. The van der Waals surface area contributed by atoms with Gasteiger partial charge in [0.25, 0.3) is 0 Å². The molecule has 0 aliphatic carbocycles. The quantitative estimate of drug-likeness (QED) is 0.620. The Labute approximate surface area is 128 Å². The fourth-order valence-corrected chi connectivity index (χ4v) is 1.66. The summed E-state index contributed by atoms with van der Waals surface area (Å²) in [5.41, 5.74) is 2.90. The molecule has 0 heterocycles. The van der Waals surface area contributed by atoms with Gasteiger partial charge in [-0.25, -0.2) is 4.79 Å². The molecule has 120 valence electrons. The lowest BCUT2D eigenvalue weighted by Gasteiger charge is -2.08. The Morgan fingerprint density at radius 3 is 2.33 bits per heavy atom. The molecule has 0 aromatic heterocycles. The van der Waals surface area contributed by atoms with Crippen LogP contribution in [0.4, 0.5) is 0 Å². The number of hydrogen-bond donors (Lipinski definition) is 1. The third kappa shape index (κ3) is 8.48. The predicted octanol–water partition coefficient (Wildman–Crippen LogP) is 3.14. The second kappa shape index (κ2) is 12.4. The molecule has 0 fully saturated rings. The molecule has 0 atom stereocenters. The van der Waals surface area contributed by atoms with Gasteiger partial charge in [-0.05, 0) is 36.6 Å². The van der Waals surface area contributed by atoms with Crippen molar-refractivity contribution in [2.45, 2.75) is 40.5 Å². The number of aliphatic hydroxyl groups is 1. The largest absolute Gasteiger partial charge is 0.460 e. The van der Waals surface area contributed by atoms with E-state index in [2.05, 4.69) is 20.8 Å². The lowest BCUT2D eigenvalue weighted by molar-refractivity contribution is 0.0258. The third-order valence-electron chi connectivity index (χ3n) is 2.66. The minimum Gasteiger partial charge on any atom is -0.460 e. The monoisotopic (exact) mass is 296 g/mol. The average molecular weight is 296 g/mol. The van der Waals surface area contributed by atoms with Crippen LogP contribution in [0.25, 0.3) is 0 Å². The molecule has 0 amide bonds. The van der Waals surface area contributed by atoms with Gasteiger partial charge in [-0.1, -0.05) is 33.3 Å². The molecule has 0 saturated heterocycles. The van der Waals surface area contributed by atoms with Crippen molar-refractivity contribution in [3.05, 3.63) is 34.9 Å². The van der Waals surface area contributed by atoms with Crippen molar-refractivity contribution in [1.29, 1.82) is 0 Å². The lowest BCUT2D eigenvalue weighted by atomic mass is 10.0. The van der Waals surface area contributed by atoms with Gasteiger partial charge in [0.05, 0.1) is 25.4 Å². The maximum atomic E-state index is 11.7. The van der Waals surface area contributed by atoms with Crippen molar-refractivity contribution >= 4 is 5.97 Å². The first-order valence-corrected chi connectivity index (χ1v) is 7.55. The highest BCUT2D eigenvalue weighted by molar-refractivity contribution is 5.89. The van der Waals surface area contributed by atoms with Gasteiger partial charge in [-0.2, -0.15) is 0 Å². The Balaban J connectivity index is 0.00000122. The van der Waals surface area contributed by atoms with E-state index >= 15 is 0 Å². The summed E-state index contributed by atoms with van der Waals surface area (Å²) in [5.74, 6) is -0.339. The number of benzene rings is 1. The van der Waals surface area contributed by atoms with Crippen LogP contribution < -0.4 is 0 Å². The number of aliphatic hydroxyl groups excluding tert-OH is 1. The van der Waals surface area contributed by atoms with E-state index < -0.39 is 0 Å². The number of hydrogen-bond acceptors (Lipinski definition) is 4. The van der Waals surface area contributed by atoms with Crippen LogP contribution in [0.5, 0.6) is 0 Å².